The van der Waals surface area contributed by atoms with E-state index in [4.69, 9.17) is 9.57 Å². The number of hydrogen-bond donors (Lipinski definition) is 3. The van der Waals surface area contributed by atoms with Crippen molar-refractivity contribution in [2.45, 2.75) is 50.6 Å². The van der Waals surface area contributed by atoms with Crippen LogP contribution >= 0.6 is 45.9 Å². The molecule has 1 aliphatic carbocycles. The minimum absolute atomic E-state index is 0.0330. The van der Waals surface area contributed by atoms with Gasteiger partial charge in [0.05, 0.1) is 0 Å². The molecule has 3 aliphatic rings. The van der Waals surface area contributed by atoms with Crippen LogP contribution in [0.25, 0.3) is 0 Å². The number of anilines is 1. The minimum Gasteiger partial charge on any atom is -0.477 e. The summed E-state index contributed by atoms with van der Waals surface area (Å²) in [5, 5.41) is 18.2. The van der Waals surface area contributed by atoms with E-state index in [1.54, 1.807) is 20.8 Å². The number of rotatable bonds is 9. The number of β-lactam (4-membered cyclic amide) rings is 1. The zero-order valence-electron chi connectivity index (χ0n) is 20.1. The van der Waals surface area contributed by atoms with Crippen LogP contribution < -0.4 is 10.6 Å². The van der Waals surface area contributed by atoms with Crippen LogP contribution in [0.5, 0.6) is 0 Å². The summed E-state index contributed by atoms with van der Waals surface area (Å²) in [6.45, 7) is 5.48. The predicted octanol–water partition coefficient (Wildman–Crippen LogP) is 2.19. The summed E-state index contributed by atoms with van der Waals surface area (Å²) in [5.74, 6) is -1.75. The number of hydrogen-bond acceptors (Lipinski definition) is 11. The van der Waals surface area contributed by atoms with Crippen LogP contribution in [0.1, 0.15) is 39.4 Å². The normalized spacial score (nSPS) is 21.7. The van der Waals surface area contributed by atoms with Crippen LogP contribution in [0, 0.1) is 5.92 Å². The molecule has 1 saturated heterocycles. The van der Waals surface area contributed by atoms with Crippen molar-refractivity contribution >= 4 is 80.6 Å². The van der Waals surface area contributed by atoms with Crippen LogP contribution in [0.4, 0.5) is 9.93 Å². The van der Waals surface area contributed by atoms with Crippen molar-refractivity contribution in [2.75, 3.05) is 22.1 Å². The average molecular weight is 665 g/mol. The van der Waals surface area contributed by atoms with Crippen molar-refractivity contribution in [1.29, 1.82) is 0 Å². The number of ether oxygens (including phenoxy) is 1. The van der Waals surface area contributed by atoms with Crippen LogP contribution in [0.15, 0.2) is 16.4 Å². The van der Waals surface area contributed by atoms with Crippen LogP contribution in [-0.2, 0) is 24.0 Å². The maximum Gasteiger partial charge on any atom is 0.414 e. The number of carbonyl (C=O) groups is 4. The van der Waals surface area contributed by atoms with Gasteiger partial charge in [0.1, 0.15) is 29.3 Å². The number of thioether (sulfide) groups is 1. The van der Waals surface area contributed by atoms with Crippen molar-refractivity contribution in [3.8, 4) is 0 Å². The first-order valence-corrected chi connectivity index (χ1v) is 14.6. The van der Waals surface area contributed by atoms with E-state index in [1.165, 1.54) is 16.7 Å². The van der Waals surface area contributed by atoms with Gasteiger partial charge >= 0.3 is 12.1 Å². The highest BCUT2D eigenvalue weighted by molar-refractivity contribution is 14.1. The molecule has 2 fully saturated rings. The number of nitrogens with one attached hydrogen (secondary N) is 2. The largest absolute Gasteiger partial charge is 0.477 e. The molecule has 1 aromatic rings. The molecule has 3 heterocycles. The standard InChI is InChI=1S/C21H25IN6O7S2/c1-21(2,3)35-20(33)25-19-24-14(27-37-19)11(26-34-7-9-4-5-9)15(29)23-12-16(30)28-13(18(31)32)10(6-22)8-36-17(12)28/h9,12,17H,4-8H2,1-3H3,(H,23,29)(H,31,32)(H,24,25,27,33)/t12-,17+/m1/s1. The molecule has 0 spiro atoms. The molecule has 13 nitrogen and oxygen atoms in total. The first kappa shape index (κ1) is 27.6. The van der Waals surface area contributed by atoms with Gasteiger partial charge < -0.3 is 20.0 Å². The van der Waals surface area contributed by atoms with Gasteiger partial charge in [0.2, 0.25) is 16.7 Å². The molecule has 0 aromatic carbocycles. The molecular weight excluding hydrogens is 639 g/mol. The SMILES string of the molecule is CC(C)(C)OC(=O)Nc1nc(C(=NOCC2CC2)C(=O)N[C@@H]2C(=O)N3C(C(=O)O)=C(CI)CS[C@@H]23)ns1. The van der Waals surface area contributed by atoms with E-state index >= 15 is 0 Å². The van der Waals surface area contributed by atoms with Crippen molar-refractivity contribution in [1.82, 2.24) is 19.6 Å². The van der Waals surface area contributed by atoms with Gasteiger partial charge in [-0.25, -0.2) is 9.59 Å². The average Bonchev–Trinajstić information content (AvgIpc) is 3.54. The summed E-state index contributed by atoms with van der Waals surface area (Å²) in [6, 6.07) is -0.950. The van der Waals surface area contributed by atoms with Gasteiger partial charge in [-0.3, -0.25) is 19.8 Å². The van der Waals surface area contributed by atoms with Crippen molar-refractivity contribution in [3.05, 3.63) is 17.1 Å². The lowest BCUT2D eigenvalue weighted by molar-refractivity contribution is -0.150. The van der Waals surface area contributed by atoms with Crippen LogP contribution in [-0.4, -0.2) is 82.8 Å². The van der Waals surface area contributed by atoms with E-state index in [-0.39, 0.29) is 22.4 Å². The number of alkyl halides is 1. The highest BCUT2D eigenvalue weighted by atomic mass is 127. The Kier molecular flexibility index (Phi) is 8.27. The lowest BCUT2D eigenvalue weighted by Gasteiger charge is -2.49. The lowest BCUT2D eigenvalue weighted by Crippen LogP contribution is -2.71. The quantitative estimate of drug-likeness (QED) is 0.117. The number of carboxylic acids is 1. The minimum atomic E-state index is -1.18. The zero-order valence-corrected chi connectivity index (χ0v) is 23.9. The second kappa shape index (κ2) is 11.1. The Morgan fingerprint density at radius 3 is 2.65 bits per heavy atom. The molecule has 4 rings (SSSR count). The fraction of sp³-hybridized carbons (Fsp3) is 0.571. The van der Waals surface area contributed by atoms with Gasteiger partial charge in [-0.2, -0.15) is 9.36 Å². The molecule has 2 aliphatic heterocycles. The van der Waals surface area contributed by atoms with E-state index in [0.29, 0.717) is 28.3 Å². The van der Waals surface area contributed by atoms with Crippen molar-refractivity contribution < 1.29 is 33.9 Å². The number of aromatic nitrogens is 2. The Labute approximate surface area is 234 Å². The molecule has 1 saturated carbocycles. The van der Waals surface area contributed by atoms with Crippen LogP contribution in [0.3, 0.4) is 0 Å². The van der Waals surface area contributed by atoms with Gasteiger partial charge in [-0.15, -0.1) is 11.8 Å². The summed E-state index contributed by atoms with van der Waals surface area (Å²) >= 11 is 4.26. The third-order valence-corrected chi connectivity index (χ3v) is 8.21. The number of amides is 3. The monoisotopic (exact) mass is 664 g/mol. The summed E-state index contributed by atoms with van der Waals surface area (Å²) in [6.07, 6.45) is 1.30. The van der Waals surface area contributed by atoms with E-state index < -0.39 is 40.9 Å². The Hall–Kier alpha value is -2.47. The first-order chi connectivity index (χ1) is 17.5. The molecule has 200 valence electrons. The summed E-state index contributed by atoms with van der Waals surface area (Å²) in [5.41, 5.74) is -0.355. The molecule has 0 bridgehead atoms. The maximum atomic E-state index is 13.2. The van der Waals surface area contributed by atoms with Gasteiger partial charge in [0.15, 0.2) is 0 Å². The summed E-state index contributed by atoms with van der Waals surface area (Å²) < 4.78 is 9.79. The Morgan fingerprint density at radius 1 is 1.30 bits per heavy atom. The van der Waals surface area contributed by atoms with Gasteiger partial charge in [0.25, 0.3) is 11.8 Å². The molecule has 3 amide bonds. The van der Waals surface area contributed by atoms with E-state index in [0.717, 1.165) is 24.4 Å². The number of carboxylic acid groups (broad SMARTS) is 1. The molecule has 3 N–H and O–H groups in total. The Balaban J connectivity index is 1.48. The second-order valence-electron chi connectivity index (χ2n) is 9.48. The maximum absolute atomic E-state index is 13.2. The summed E-state index contributed by atoms with van der Waals surface area (Å²) in [7, 11) is 0. The number of fused-ring (bicyclic) bond motifs is 1. The number of oxime groups is 1. The number of carbonyl (C=O) groups excluding carboxylic acids is 3. The van der Waals surface area contributed by atoms with E-state index in [2.05, 4.69) is 47.7 Å². The van der Waals surface area contributed by atoms with Crippen molar-refractivity contribution in [3.63, 3.8) is 0 Å². The fourth-order valence-corrected chi connectivity index (χ4v) is 6.33. The third kappa shape index (κ3) is 6.51. The number of nitrogens with zero attached hydrogens (tertiary/aromatic N) is 4. The Bertz CT molecular complexity index is 1180. The number of halogens is 1. The highest BCUT2D eigenvalue weighted by Crippen LogP contribution is 2.40. The second-order valence-corrected chi connectivity index (χ2v) is 12.1. The smallest absolute Gasteiger partial charge is 0.414 e. The van der Waals surface area contributed by atoms with E-state index in [1.807, 2.05) is 0 Å². The first-order valence-electron chi connectivity index (χ1n) is 11.3. The van der Waals surface area contributed by atoms with Gasteiger partial charge in [-0.1, -0.05) is 27.7 Å². The predicted molar refractivity (Wildman–Crippen MR) is 144 cm³/mol. The molecule has 1 aromatic heterocycles. The topological polar surface area (TPSA) is 172 Å². The third-order valence-electron chi connectivity index (χ3n) is 5.32. The molecule has 0 radical (unpaired) electrons. The lowest BCUT2D eigenvalue weighted by atomic mass is 10.0. The number of aliphatic carboxylic acids is 1. The summed E-state index contributed by atoms with van der Waals surface area (Å²) in [4.78, 5) is 60.6. The fourth-order valence-electron chi connectivity index (χ4n) is 3.43. The van der Waals surface area contributed by atoms with Gasteiger partial charge in [0, 0.05) is 21.7 Å². The van der Waals surface area contributed by atoms with Gasteiger partial charge in [-0.05, 0) is 45.1 Å². The zero-order chi connectivity index (χ0) is 26.9. The molecule has 0 unspecified atom stereocenters. The highest BCUT2D eigenvalue weighted by Gasteiger charge is 2.54. The van der Waals surface area contributed by atoms with E-state index in [9.17, 15) is 24.3 Å². The molecule has 16 heteroatoms. The molecule has 37 heavy (non-hydrogen) atoms. The molecule has 2 atom stereocenters. The Morgan fingerprint density at radius 2 is 2.03 bits per heavy atom. The van der Waals surface area contributed by atoms with Crippen LogP contribution in [0.2, 0.25) is 0 Å². The molecular formula is C21H25IN6O7S2. The van der Waals surface area contributed by atoms with Crippen molar-refractivity contribution in [2.24, 2.45) is 11.1 Å².